The van der Waals surface area contributed by atoms with Crippen LogP contribution in [-0.2, 0) is 22.6 Å². The summed E-state index contributed by atoms with van der Waals surface area (Å²) in [6.07, 6.45) is -0.121. The molecule has 10 heteroatoms. The minimum atomic E-state index is -0.509. The first-order valence-corrected chi connectivity index (χ1v) is 12.2. The van der Waals surface area contributed by atoms with Crippen molar-refractivity contribution in [1.82, 2.24) is 4.98 Å². The lowest BCUT2D eigenvalue weighted by molar-refractivity contribution is -0.142. The fourth-order valence-electron chi connectivity index (χ4n) is 3.01. The Labute approximate surface area is 219 Å². The summed E-state index contributed by atoms with van der Waals surface area (Å²) in [4.78, 5) is 16.1. The third kappa shape index (κ3) is 7.94. The smallest absolute Gasteiger partial charge is 0.310 e. The van der Waals surface area contributed by atoms with E-state index in [-0.39, 0.29) is 37.3 Å². The first-order chi connectivity index (χ1) is 16.9. The Morgan fingerprint density at radius 2 is 1.77 bits per heavy atom. The SMILES string of the molecule is CCOC(=O)Cc1cc(F)c(Br)cc1OCCOc1cc(C#N)ccc1COc1cccc(Br)n1. The number of esters is 1. The first kappa shape index (κ1) is 26.4. The molecule has 1 heterocycles. The zero-order valence-corrected chi connectivity index (χ0v) is 21.9. The van der Waals surface area contributed by atoms with Crippen molar-refractivity contribution in [1.29, 1.82) is 5.26 Å². The van der Waals surface area contributed by atoms with Crippen LogP contribution in [-0.4, -0.2) is 30.8 Å². The minimum absolute atomic E-state index is 0.109. The highest BCUT2D eigenvalue weighted by atomic mass is 79.9. The zero-order chi connectivity index (χ0) is 25.2. The van der Waals surface area contributed by atoms with E-state index in [9.17, 15) is 14.4 Å². The molecule has 0 saturated carbocycles. The standard InChI is InChI=1S/C25H21Br2FN2O5/c1-2-32-25(31)12-18-11-20(28)19(26)13-22(18)34-9-8-33-21-10-16(14-29)6-7-17(21)15-35-24-5-3-4-23(27)30-24/h3-7,10-11,13H,2,8-9,12,15H2,1H3. The van der Waals surface area contributed by atoms with Crippen molar-refractivity contribution in [2.24, 2.45) is 0 Å². The molecule has 182 valence electrons. The molecule has 0 atom stereocenters. The van der Waals surface area contributed by atoms with Crippen molar-refractivity contribution < 1.29 is 28.1 Å². The molecule has 3 rings (SSSR count). The number of hydrogen-bond acceptors (Lipinski definition) is 7. The van der Waals surface area contributed by atoms with Crippen LogP contribution in [0.3, 0.4) is 0 Å². The highest BCUT2D eigenvalue weighted by Gasteiger charge is 2.15. The van der Waals surface area contributed by atoms with Crippen molar-refractivity contribution in [2.45, 2.75) is 20.0 Å². The number of benzene rings is 2. The number of nitrogens with zero attached hydrogens (tertiary/aromatic N) is 2. The predicted octanol–water partition coefficient (Wildman–Crippen LogP) is 5.76. The molecular formula is C25H21Br2FN2O5. The molecule has 1 aromatic heterocycles. The molecule has 0 spiro atoms. The van der Waals surface area contributed by atoms with Gasteiger partial charge in [-0.3, -0.25) is 4.79 Å². The maximum atomic E-state index is 14.0. The van der Waals surface area contributed by atoms with Gasteiger partial charge in [0.2, 0.25) is 5.88 Å². The van der Waals surface area contributed by atoms with E-state index in [1.165, 1.54) is 12.1 Å². The topological polar surface area (TPSA) is 90.7 Å². The van der Waals surface area contributed by atoms with Gasteiger partial charge < -0.3 is 18.9 Å². The van der Waals surface area contributed by atoms with Crippen molar-refractivity contribution in [3.63, 3.8) is 0 Å². The van der Waals surface area contributed by atoms with E-state index in [4.69, 9.17) is 18.9 Å². The molecule has 0 unspecified atom stereocenters. The third-order valence-corrected chi connectivity index (χ3v) is 5.65. The summed E-state index contributed by atoms with van der Waals surface area (Å²) in [7, 11) is 0. The number of rotatable bonds is 11. The molecule has 0 N–H and O–H groups in total. The lowest BCUT2D eigenvalue weighted by Gasteiger charge is -2.15. The highest BCUT2D eigenvalue weighted by Crippen LogP contribution is 2.28. The second-order valence-electron chi connectivity index (χ2n) is 7.07. The van der Waals surface area contributed by atoms with Crippen LogP contribution >= 0.6 is 31.9 Å². The van der Waals surface area contributed by atoms with Gasteiger partial charge in [0.25, 0.3) is 0 Å². The summed E-state index contributed by atoms with van der Waals surface area (Å²) in [5.74, 6) is 0.257. The summed E-state index contributed by atoms with van der Waals surface area (Å²) in [6.45, 7) is 2.35. The van der Waals surface area contributed by atoms with Crippen LogP contribution in [0.4, 0.5) is 4.39 Å². The monoisotopic (exact) mass is 606 g/mol. The van der Waals surface area contributed by atoms with Gasteiger partial charge in [0.1, 0.15) is 41.7 Å². The number of pyridine rings is 1. The Morgan fingerprint density at radius 1 is 1.03 bits per heavy atom. The van der Waals surface area contributed by atoms with Crippen LogP contribution in [0.2, 0.25) is 0 Å². The summed E-state index contributed by atoms with van der Waals surface area (Å²) < 4.78 is 37.2. The average Bonchev–Trinajstić information content (AvgIpc) is 2.83. The van der Waals surface area contributed by atoms with E-state index < -0.39 is 11.8 Å². The number of carbonyl (C=O) groups excluding carboxylic acids is 1. The minimum Gasteiger partial charge on any atom is -0.490 e. The molecule has 0 amide bonds. The second kappa shape index (κ2) is 13.1. The summed E-state index contributed by atoms with van der Waals surface area (Å²) >= 11 is 6.44. The molecule has 0 bridgehead atoms. The molecule has 35 heavy (non-hydrogen) atoms. The van der Waals surface area contributed by atoms with Crippen LogP contribution < -0.4 is 14.2 Å². The molecule has 0 aliphatic rings. The number of halogens is 3. The Balaban J connectivity index is 1.65. The summed E-state index contributed by atoms with van der Waals surface area (Å²) in [5, 5.41) is 9.25. The van der Waals surface area contributed by atoms with Gasteiger partial charge >= 0.3 is 5.97 Å². The number of carbonyl (C=O) groups is 1. The van der Waals surface area contributed by atoms with Crippen molar-refractivity contribution in [3.8, 4) is 23.4 Å². The van der Waals surface area contributed by atoms with Crippen molar-refractivity contribution in [2.75, 3.05) is 19.8 Å². The molecule has 0 aliphatic heterocycles. The average molecular weight is 608 g/mol. The molecule has 0 aliphatic carbocycles. The van der Waals surface area contributed by atoms with E-state index in [1.54, 1.807) is 37.3 Å². The van der Waals surface area contributed by atoms with Gasteiger partial charge in [-0.1, -0.05) is 12.1 Å². The van der Waals surface area contributed by atoms with Gasteiger partial charge in [-0.25, -0.2) is 9.37 Å². The molecule has 0 radical (unpaired) electrons. The highest BCUT2D eigenvalue weighted by molar-refractivity contribution is 9.10. The van der Waals surface area contributed by atoms with Crippen molar-refractivity contribution >= 4 is 37.8 Å². The van der Waals surface area contributed by atoms with Gasteiger partial charge in [0.15, 0.2) is 0 Å². The molecular weight excluding hydrogens is 587 g/mol. The van der Waals surface area contributed by atoms with Gasteiger partial charge in [0, 0.05) is 17.2 Å². The van der Waals surface area contributed by atoms with Crippen LogP contribution in [0, 0.1) is 17.1 Å². The van der Waals surface area contributed by atoms with Crippen LogP contribution in [0.1, 0.15) is 23.6 Å². The van der Waals surface area contributed by atoms with E-state index >= 15 is 0 Å². The van der Waals surface area contributed by atoms with E-state index in [2.05, 4.69) is 42.9 Å². The molecule has 7 nitrogen and oxygen atoms in total. The van der Waals surface area contributed by atoms with Crippen molar-refractivity contribution in [3.05, 3.63) is 80.1 Å². The van der Waals surface area contributed by atoms with E-state index in [1.807, 2.05) is 6.07 Å². The Morgan fingerprint density at radius 3 is 2.46 bits per heavy atom. The second-order valence-corrected chi connectivity index (χ2v) is 8.74. The quantitative estimate of drug-likeness (QED) is 0.155. The maximum Gasteiger partial charge on any atom is 0.310 e. The summed E-state index contributed by atoms with van der Waals surface area (Å²) in [6, 6.07) is 15.2. The van der Waals surface area contributed by atoms with Gasteiger partial charge in [-0.2, -0.15) is 5.26 Å². The fraction of sp³-hybridized carbons (Fsp3) is 0.240. The molecule has 3 aromatic rings. The Hall–Kier alpha value is -3.16. The van der Waals surface area contributed by atoms with Gasteiger partial charge in [0.05, 0.1) is 29.1 Å². The lowest BCUT2D eigenvalue weighted by atomic mass is 10.1. The normalized spacial score (nSPS) is 10.4. The molecule has 2 aromatic carbocycles. The van der Waals surface area contributed by atoms with Crippen LogP contribution in [0.5, 0.6) is 17.4 Å². The Bertz CT molecular complexity index is 1230. The predicted molar refractivity (Wildman–Crippen MR) is 133 cm³/mol. The maximum absolute atomic E-state index is 14.0. The molecule has 0 saturated heterocycles. The number of nitriles is 1. The van der Waals surface area contributed by atoms with E-state index in [0.29, 0.717) is 33.1 Å². The lowest BCUT2D eigenvalue weighted by Crippen LogP contribution is -2.13. The zero-order valence-electron chi connectivity index (χ0n) is 18.7. The van der Waals surface area contributed by atoms with Crippen LogP contribution in [0.25, 0.3) is 0 Å². The number of ether oxygens (including phenoxy) is 4. The number of hydrogen-bond donors (Lipinski definition) is 0. The van der Waals surface area contributed by atoms with E-state index in [0.717, 1.165) is 5.56 Å². The first-order valence-electron chi connectivity index (χ1n) is 10.6. The van der Waals surface area contributed by atoms with Gasteiger partial charge in [-0.15, -0.1) is 0 Å². The van der Waals surface area contributed by atoms with Gasteiger partial charge in [-0.05, 0) is 69.1 Å². The van der Waals surface area contributed by atoms with Crippen LogP contribution in [0.15, 0.2) is 57.6 Å². The third-order valence-electron chi connectivity index (χ3n) is 4.60. The molecule has 0 fully saturated rings. The largest absolute Gasteiger partial charge is 0.490 e. The summed E-state index contributed by atoms with van der Waals surface area (Å²) in [5.41, 5.74) is 1.52. The Kier molecular flexibility index (Phi) is 9.87. The fourth-order valence-corrected chi connectivity index (χ4v) is 3.66. The number of aromatic nitrogens is 1.